The van der Waals surface area contributed by atoms with E-state index in [-0.39, 0.29) is 12.5 Å². The summed E-state index contributed by atoms with van der Waals surface area (Å²) in [5, 5.41) is 6.15. The van der Waals surface area contributed by atoms with Gasteiger partial charge < -0.3 is 14.8 Å². The summed E-state index contributed by atoms with van der Waals surface area (Å²) in [7, 11) is 1.62. The highest BCUT2D eigenvalue weighted by molar-refractivity contribution is 7.18. The number of nitrogens with one attached hydrogen (secondary N) is 1. The van der Waals surface area contributed by atoms with Crippen molar-refractivity contribution in [1.82, 2.24) is 4.98 Å². The van der Waals surface area contributed by atoms with Gasteiger partial charge in [0.1, 0.15) is 22.2 Å². The van der Waals surface area contributed by atoms with Crippen molar-refractivity contribution >= 4 is 39.6 Å². The van der Waals surface area contributed by atoms with Crippen LogP contribution in [0.3, 0.4) is 0 Å². The highest BCUT2D eigenvalue weighted by Crippen LogP contribution is 2.32. The normalized spacial score (nSPS) is 11.2. The molecule has 6 nitrogen and oxygen atoms in total. The molecular formula is C22H24N2O4S2. The van der Waals surface area contributed by atoms with Crippen molar-refractivity contribution in [3.63, 3.8) is 0 Å². The van der Waals surface area contributed by atoms with E-state index in [0.717, 1.165) is 21.9 Å². The van der Waals surface area contributed by atoms with Gasteiger partial charge in [0.05, 0.1) is 23.4 Å². The molecule has 3 aromatic rings. The smallest absolute Gasteiger partial charge is 0.349 e. The summed E-state index contributed by atoms with van der Waals surface area (Å²) in [5.41, 5.74) is 1.82. The number of esters is 1. The Morgan fingerprint density at radius 1 is 1.20 bits per heavy atom. The van der Waals surface area contributed by atoms with Crippen LogP contribution in [0.4, 0.5) is 5.00 Å². The molecule has 0 unspecified atom stereocenters. The molecule has 0 spiro atoms. The molecular weight excluding hydrogens is 420 g/mol. The van der Waals surface area contributed by atoms with E-state index in [4.69, 9.17) is 9.47 Å². The van der Waals surface area contributed by atoms with Gasteiger partial charge in [0, 0.05) is 10.8 Å². The number of carbonyl (C=O) groups is 2. The van der Waals surface area contributed by atoms with E-state index in [1.165, 1.54) is 22.7 Å². The second-order valence-corrected chi connectivity index (χ2v) is 9.66. The van der Waals surface area contributed by atoms with Gasteiger partial charge in [-0.05, 0) is 30.7 Å². The fourth-order valence-corrected chi connectivity index (χ4v) is 4.36. The van der Waals surface area contributed by atoms with Crippen LogP contribution in [0.2, 0.25) is 0 Å². The number of methoxy groups -OCH3 is 1. The molecule has 0 atom stereocenters. The first-order valence-electron chi connectivity index (χ1n) is 9.36. The summed E-state index contributed by atoms with van der Waals surface area (Å²) < 4.78 is 10.8. The number of aromatic nitrogens is 1. The lowest BCUT2D eigenvalue weighted by Gasteiger charge is -2.16. The maximum absolute atomic E-state index is 12.5. The molecule has 0 saturated carbocycles. The molecule has 1 N–H and O–H groups in total. The third-order valence-electron chi connectivity index (χ3n) is 4.26. The summed E-state index contributed by atoms with van der Waals surface area (Å²) in [5.74, 6) is 0.213. The van der Waals surface area contributed by atoms with E-state index in [1.54, 1.807) is 13.2 Å². The Kier molecular flexibility index (Phi) is 6.58. The van der Waals surface area contributed by atoms with Crippen molar-refractivity contribution in [2.24, 2.45) is 5.41 Å². The van der Waals surface area contributed by atoms with Crippen LogP contribution in [-0.2, 0) is 16.1 Å². The molecule has 2 heterocycles. The van der Waals surface area contributed by atoms with Gasteiger partial charge in [0.25, 0.3) is 0 Å². The van der Waals surface area contributed by atoms with Gasteiger partial charge in [-0.15, -0.1) is 22.7 Å². The third-order valence-corrected chi connectivity index (χ3v) is 6.32. The molecule has 0 saturated heterocycles. The highest BCUT2D eigenvalue weighted by Gasteiger charge is 2.23. The van der Waals surface area contributed by atoms with Crippen LogP contribution in [0.1, 0.15) is 41.7 Å². The first-order valence-corrected chi connectivity index (χ1v) is 11.1. The predicted octanol–water partition coefficient (Wildman–Crippen LogP) is 5.53. The fraction of sp³-hybridized carbons (Fsp3) is 0.318. The Labute approximate surface area is 183 Å². The monoisotopic (exact) mass is 444 g/mol. The number of hydrogen-bond donors (Lipinski definition) is 1. The van der Waals surface area contributed by atoms with Crippen LogP contribution < -0.4 is 10.1 Å². The predicted molar refractivity (Wildman–Crippen MR) is 120 cm³/mol. The number of ether oxygens (including phenoxy) is 2. The van der Waals surface area contributed by atoms with Crippen LogP contribution in [-0.4, -0.2) is 24.0 Å². The molecule has 0 aliphatic rings. The van der Waals surface area contributed by atoms with Crippen molar-refractivity contribution in [3.05, 3.63) is 51.8 Å². The molecule has 8 heteroatoms. The number of para-hydroxylation sites is 1. The summed E-state index contributed by atoms with van der Waals surface area (Å²) in [6.45, 7) is 7.41. The average Bonchev–Trinajstić information content (AvgIpc) is 3.32. The lowest BCUT2D eigenvalue weighted by atomic mass is 9.96. The van der Waals surface area contributed by atoms with Crippen molar-refractivity contribution in [2.75, 3.05) is 12.4 Å². The quantitative estimate of drug-likeness (QED) is 0.506. The van der Waals surface area contributed by atoms with Gasteiger partial charge in [0.15, 0.2) is 0 Å². The summed E-state index contributed by atoms with van der Waals surface area (Å²) in [6, 6.07) is 9.43. The number of thiophene rings is 1. The second-order valence-electron chi connectivity index (χ2n) is 7.75. The minimum Gasteiger partial charge on any atom is -0.496 e. The molecule has 0 radical (unpaired) electrons. The van der Waals surface area contributed by atoms with E-state index in [9.17, 15) is 9.59 Å². The molecule has 0 bridgehead atoms. The summed E-state index contributed by atoms with van der Waals surface area (Å²) in [4.78, 5) is 29.7. The molecule has 2 aromatic heterocycles. The molecule has 158 valence electrons. The van der Waals surface area contributed by atoms with Gasteiger partial charge in [0.2, 0.25) is 5.91 Å². The number of hydrogen-bond acceptors (Lipinski definition) is 7. The lowest BCUT2D eigenvalue weighted by molar-refractivity contribution is -0.123. The van der Waals surface area contributed by atoms with Crippen molar-refractivity contribution < 1.29 is 19.1 Å². The van der Waals surface area contributed by atoms with Gasteiger partial charge in [-0.1, -0.05) is 32.9 Å². The molecule has 1 aromatic carbocycles. The topological polar surface area (TPSA) is 77.5 Å². The number of thiazole rings is 1. The molecule has 3 rings (SSSR count). The number of rotatable bonds is 6. The fourth-order valence-electron chi connectivity index (χ4n) is 2.57. The zero-order chi connectivity index (χ0) is 21.9. The van der Waals surface area contributed by atoms with E-state index >= 15 is 0 Å². The van der Waals surface area contributed by atoms with Crippen molar-refractivity contribution in [1.29, 1.82) is 0 Å². The zero-order valence-corrected chi connectivity index (χ0v) is 19.2. The molecule has 0 aliphatic heterocycles. The zero-order valence-electron chi connectivity index (χ0n) is 17.6. The Balaban J connectivity index is 1.65. The highest BCUT2D eigenvalue weighted by atomic mass is 32.1. The molecule has 0 aliphatic carbocycles. The molecule has 0 fully saturated rings. The summed E-state index contributed by atoms with van der Waals surface area (Å²) >= 11 is 2.68. The number of amides is 1. The standard InChI is InChI=1S/C22H24N2O4S2/c1-13-10-17(24-21(26)22(2,3)4)30-18(13)20(25)28-11-14-12-29-19(23-14)15-8-6-7-9-16(15)27-5/h6-10,12H,11H2,1-5H3,(H,24,26). The van der Waals surface area contributed by atoms with Crippen molar-refractivity contribution in [2.45, 2.75) is 34.3 Å². The number of aryl methyl sites for hydroxylation is 1. The number of nitrogens with zero attached hydrogens (tertiary/aromatic N) is 1. The third kappa shape index (κ3) is 5.06. The van der Waals surface area contributed by atoms with Crippen LogP contribution in [0, 0.1) is 12.3 Å². The first-order chi connectivity index (χ1) is 14.2. The van der Waals surface area contributed by atoms with Crippen LogP contribution in [0.15, 0.2) is 35.7 Å². The largest absolute Gasteiger partial charge is 0.496 e. The van der Waals surface area contributed by atoms with E-state index in [0.29, 0.717) is 15.6 Å². The number of benzene rings is 1. The van der Waals surface area contributed by atoms with E-state index in [2.05, 4.69) is 10.3 Å². The van der Waals surface area contributed by atoms with Gasteiger partial charge in [-0.3, -0.25) is 4.79 Å². The van der Waals surface area contributed by atoms with E-state index in [1.807, 2.05) is 57.3 Å². The maximum Gasteiger partial charge on any atom is 0.349 e. The Morgan fingerprint density at radius 2 is 1.93 bits per heavy atom. The number of anilines is 1. The summed E-state index contributed by atoms with van der Waals surface area (Å²) in [6.07, 6.45) is 0. The first kappa shape index (κ1) is 22.0. The van der Waals surface area contributed by atoms with Crippen LogP contribution in [0.25, 0.3) is 10.6 Å². The van der Waals surface area contributed by atoms with Crippen molar-refractivity contribution in [3.8, 4) is 16.3 Å². The van der Waals surface area contributed by atoms with Gasteiger partial charge in [-0.2, -0.15) is 0 Å². The average molecular weight is 445 g/mol. The minimum absolute atomic E-state index is 0.0749. The van der Waals surface area contributed by atoms with Crippen LogP contribution >= 0.6 is 22.7 Å². The van der Waals surface area contributed by atoms with Gasteiger partial charge in [-0.25, -0.2) is 9.78 Å². The van der Waals surface area contributed by atoms with Crippen LogP contribution in [0.5, 0.6) is 5.75 Å². The van der Waals surface area contributed by atoms with Gasteiger partial charge >= 0.3 is 5.97 Å². The SMILES string of the molecule is COc1ccccc1-c1nc(COC(=O)c2sc(NC(=O)C(C)(C)C)cc2C)cs1. The Bertz CT molecular complexity index is 1060. The second kappa shape index (κ2) is 8.97. The maximum atomic E-state index is 12.5. The lowest BCUT2D eigenvalue weighted by Crippen LogP contribution is -2.27. The number of carbonyl (C=O) groups excluding carboxylic acids is 2. The Morgan fingerprint density at radius 3 is 2.63 bits per heavy atom. The minimum atomic E-state index is -0.512. The Hall–Kier alpha value is -2.71. The molecule has 1 amide bonds. The molecule has 30 heavy (non-hydrogen) atoms. The van der Waals surface area contributed by atoms with E-state index < -0.39 is 11.4 Å².